The van der Waals surface area contributed by atoms with E-state index in [2.05, 4.69) is 52.3 Å². The Morgan fingerprint density at radius 3 is 2.65 bits per heavy atom. The van der Waals surface area contributed by atoms with Crippen molar-refractivity contribution in [2.45, 2.75) is 20.8 Å². The molecule has 0 atom stereocenters. The van der Waals surface area contributed by atoms with E-state index in [-0.39, 0.29) is 0 Å². The SMILES string of the molecule is CCN(CC)CCNc1nc(NC)nc2sc(C)cc12. The van der Waals surface area contributed by atoms with Crippen molar-refractivity contribution in [3.63, 3.8) is 0 Å². The molecule has 20 heavy (non-hydrogen) atoms. The number of anilines is 2. The van der Waals surface area contributed by atoms with Gasteiger partial charge >= 0.3 is 0 Å². The first-order valence-electron chi connectivity index (χ1n) is 7.10. The molecule has 110 valence electrons. The van der Waals surface area contributed by atoms with Gasteiger partial charge in [0.2, 0.25) is 5.95 Å². The summed E-state index contributed by atoms with van der Waals surface area (Å²) in [6.07, 6.45) is 0. The standard InChI is InChI=1S/C14H23N5S/c1-5-19(6-2)8-7-16-12-11-9-10(3)20-13(11)18-14(15-4)17-12/h9H,5-8H2,1-4H3,(H2,15,16,17,18). The number of hydrogen-bond acceptors (Lipinski definition) is 6. The van der Waals surface area contributed by atoms with Gasteiger partial charge in [-0.1, -0.05) is 13.8 Å². The number of thiophene rings is 1. The zero-order valence-corrected chi connectivity index (χ0v) is 13.5. The monoisotopic (exact) mass is 293 g/mol. The molecular formula is C14H23N5S. The predicted molar refractivity (Wildman–Crippen MR) is 88.0 cm³/mol. The Balaban J connectivity index is 2.15. The molecule has 2 rings (SSSR count). The Hall–Kier alpha value is -1.40. The van der Waals surface area contributed by atoms with E-state index in [1.54, 1.807) is 11.3 Å². The molecule has 0 aromatic carbocycles. The maximum Gasteiger partial charge on any atom is 0.225 e. The third kappa shape index (κ3) is 3.37. The van der Waals surface area contributed by atoms with Gasteiger partial charge in [-0.3, -0.25) is 0 Å². The van der Waals surface area contributed by atoms with Crippen LogP contribution in [0.4, 0.5) is 11.8 Å². The van der Waals surface area contributed by atoms with Crippen molar-refractivity contribution in [2.24, 2.45) is 0 Å². The second-order valence-corrected chi connectivity index (χ2v) is 5.91. The minimum absolute atomic E-state index is 0.671. The fraction of sp³-hybridized carbons (Fsp3) is 0.571. The van der Waals surface area contributed by atoms with E-state index < -0.39 is 0 Å². The first-order chi connectivity index (χ1) is 9.67. The summed E-state index contributed by atoms with van der Waals surface area (Å²) in [5, 5.41) is 7.59. The maximum atomic E-state index is 4.54. The van der Waals surface area contributed by atoms with Crippen molar-refractivity contribution >= 4 is 33.3 Å². The quantitative estimate of drug-likeness (QED) is 0.822. The average Bonchev–Trinajstić information content (AvgIpc) is 2.83. The molecule has 6 heteroatoms. The molecule has 0 amide bonds. The molecule has 2 aromatic heterocycles. The number of nitrogens with zero attached hydrogens (tertiary/aromatic N) is 3. The van der Waals surface area contributed by atoms with Crippen molar-refractivity contribution in [1.29, 1.82) is 0 Å². The summed E-state index contributed by atoms with van der Waals surface area (Å²) in [5.41, 5.74) is 0. The lowest BCUT2D eigenvalue weighted by molar-refractivity contribution is 0.316. The average molecular weight is 293 g/mol. The highest BCUT2D eigenvalue weighted by Gasteiger charge is 2.10. The summed E-state index contributed by atoms with van der Waals surface area (Å²) < 4.78 is 0. The van der Waals surface area contributed by atoms with Crippen LogP contribution in [0.5, 0.6) is 0 Å². The summed E-state index contributed by atoms with van der Waals surface area (Å²) >= 11 is 1.70. The normalized spacial score (nSPS) is 11.2. The van der Waals surface area contributed by atoms with Gasteiger partial charge in [-0.25, -0.2) is 4.98 Å². The molecule has 5 nitrogen and oxygen atoms in total. The third-order valence-corrected chi connectivity index (χ3v) is 4.30. The summed E-state index contributed by atoms with van der Waals surface area (Å²) in [6, 6.07) is 2.15. The van der Waals surface area contributed by atoms with Gasteiger partial charge in [-0.05, 0) is 26.1 Å². The molecular weight excluding hydrogens is 270 g/mol. The van der Waals surface area contributed by atoms with Crippen LogP contribution in [0.3, 0.4) is 0 Å². The van der Waals surface area contributed by atoms with E-state index in [0.717, 1.165) is 42.2 Å². The van der Waals surface area contributed by atoms with E-state index >= 15 is 0 Å². The highest BCUT2D eigenvalue weighted by atomic mass is 32.1. The minimum atomic E-state index is 0.671. The van der Waals surface area contributed by atoms with Crippen LogP contribution in [0.15, 0.2) is 6.07 Å². The van der Waals surface area contributed by atoms with Crippen molar-refractivity contribution in [3.05, 3.63) is 10.9 Å². The minimum Gasteiger partial charge on any atom is -0.368 e. The van der Waals surface area contributed by atoms with Crippen LogP contribution in [0.25, 0.3) is 10.2 Å². The molecule has 2 aromatic rings. The Bertz CT molecular complexity index is 562. The molecule has 0 unspecified atom stereocenters. The number of aromatic nitrogens is 2. The first kappa shape index (κ1) is 15.0. The van der Waals surface area contributed by atoms with Crippen LogP contribution in [-0.4, -0.2) is 48.1 Å². The van der Waals surface area contributed by atoms with Crippen LogP contribution in [0.1, 0.15) is 18.7 Å². The van der Waals surface area contributed by atoms with Crippen LogP contribution < -0.4 is 10.6 Å². The molecule has 0 saturated carbocycles. The predicted octanol–water partition coefficient (Wildman–Crippen LogP) is 2.80. The summed E-state index contributed by atoms with van der Waals surface area (Å²) in [4.78, 5) is 13.7. The largest absolute Gasteiger partial charge is 0.368 e. The number of nitrogens with one attached hydrogen (secondary N) is 2. The Morgan fingerprint density at radius 1 is 1.25 bits per heavy atom. The number of fused-ring (bicyclic) bond motifs is 1. The van der Waals surface area contributed by atoms with Crippen LogP contribution in [-0.2, 0) is 0 Å². The lowest BCUT2D eigenvalue weighted by Crippen LogP contribution is -2.28. The van der Waals surface area contributed by atoms with Gasteiger partial charge in [0.15, 0.2) is 0 Å². The Labute approximate surface area is 124 Å². The van der Waals surface area contributed by atoms with Gasteiger partial charge in [0.1, 0.15) is 10.6 Å². The lowest BCUT2D eigenvalue weighted by Gasteiger charge is -2.18. The topological polar surface area (TPSA) is 53.1 Å². The molecule has 0 spiro atoms. The molecule has 0 saturated heterocycles. The second kappa shape index (κ2) is 6.85. The van der Waals surface area contributed by atoms with Crippen LogP contribution >= 0.6 is 11.3 Å². The first-order valence-corrected chi connectivity index (χ1v) is 7.91. The zero-order valence-electron chi connectivity index (χ0n) is 12.7. The van der Waals surface area contributed by atoms with Gasteiger partial charge < -0.3 is 15.5 Å². The van der Waals surface area contributed by atoms with Gasteiger partial charge in [0.25, 0.3) is 0 Å². The van der Waals surface area contributed by atoms with Gasteiger partial charge in [0.05, 0.1) is 5.39 Å². The lowest BCUT2D eigenvalue weighted by atomic mass is 10.3. The maximum absolute atomic E-state index is 4.54. The molecule has 0 aliphatic carbocycles. The van der Waals surface area contributed by atoms with E-state index in [9.17, 15) is 0 Å². The number of likely N-dealkylation sites (N-methyl/N-ethyl adjacent to an activating group) is 1. The number of hydrogen-bond donors (Lipinski definition) is 2. The van der Waals surface area contributed by atoms with Crippen LogP contribution in [0.2, 0.25) is 0 Å². The number of aryl methyl sites for hydroxylation is 1. The smallest absolute Gasteiger partial charge is 0.225 e. The molecule has 0 fully saturated rings. The molecule has 0 radical (unpaired) electrons. The van der Waals surface area contributed by atoms with E-state index in [0.29, 0.717) is 5.95 Å². The third-order valence-electron chi connectivity index (χ3n) is 3.35. The Kier molecular flexibility index (Phi) is 5.14. The number of rotatable bonds is 7. The summed E-state index contributed by atoms with van der Waals surface area (Å²) in [6.45, 7) is 10.6. The second-order valence-electron chi connectivity index (χ2n) is 4.68. The van der Waals surface area contributed by atoms with E-state index in [4.69, 9.17) is 0 Å². The fourth-order valence-electron chi connectivity index (χ4n) is 2.16. The molecule has 2 heterocycles. The highest BCUT2D eigenvalue weighted by Crippen LogP contribution is 2.29. The van der Waals surface area contributed by atoms with Crippen molar-refractivity contribution < 1.29 is 0 Å². The fourth-order valence-corrected chi connectivity index (χ4v) is 3.04. The van der Waals surface area contributed by atoms with E-state index in [1.165, 1.54) is 4.88 Å². The van der Waals surface area contributed by atoms with Crippen molar-refractivity contribution in [2.75, 3.05) is 43.9 Å². The summed E-state index contributed by atoms with van der Waals surface area (Å²) in [7, 11) is 1.85. The highest BCUT2D eigenvalue weighted by molar-refractivity contribution is 7.18. The van der Waals surface area contributed by atoms with E-state index in [1.807, 2.05) is 7.05 Å². The summed E-state index contributed by atoms with van der Waals surface area (Å²) in [5.74, 6) is 1.60. The molecule has 2 N–H and O–H groups in total. The van der Waals surface area contributed by atoms with Gasteiger partial charge in [-0.15, -0.1) is 11.3 Å². The van der Waals surface area contributed by atoms with Crippen molar-refractivity contribution in [1.82, 2.24) is 14.9 Å². The van der Waals surface area contributed by atoms with Crippen molar-refractivity contribution in [3.8, 4) is 0 Å². The Morgan fingerprint density at radius 2 is 2.00 bits per heavy atom. The van der Waals surface area contributed by atoms with Gasteiger partial charge in [-0.2, -0.15) is 4.98 Å². The molecule has 0 aliphatic rings. The zero-order chi connectivity index (χ0) is 14.5. The molecule has 0 bridgehead atoms. The van der Waals surface area contributed by atoms with Crippen LogP contribution in [0, 0.1) is 6.92 Å². The van der Waals surface area contributed by atoms with Gasteiger partial charge in [0, 0.05) is 25.0 Å². The molecule has 0 aliphatic heterocycles.